The van der Waals surface area contributed by atoms with Gasteiger partial charge >= 0.3 is 5.97 Å². The third kappa shape index (κ3) is 4.11. The molecule has 0 fully saturated rings. The summed E-state index contributed by atoms with van der Waals surface area (Å²) in [4.78, 5) is 38.6. The first-order chi connectivity index (χ1) is 12.2. The van der Waals surface area contributed by atoms with Crippen LogP contribution >= 0.6 is 0 Å². The van der Waals surface area contributed by atoms with Gasteiger partial charge in [0.25, 0.3) is 5.91 Å². The van der Waals surface area contributed by atoms with Crippen molar-refractivity contribution in [1.82, 2.24) is 10.3 Å². The molecule has 1 unspecified atom stereocenters. The number of hydrogen-bond acceptors (Lipinski definition) is 4. The zero-order valence-electron chi connectivity index (χ0n) is 15.5. The minimum atomic E-state index is -0.480. The number of aromatic amines is 1. The first kappa shape index (κ1) is 19.2. The zero-order valence-corrected chi connectivity index (χ0v) is 15.5. The van der Waals surface area contributed by atoms with Gasteiger partial charge in [-0.3, -0.25) is 9.59 Å². The number of ether oxygens (including phenoxy) is 1. The van der Waals surface area contributed by atoms with E-state index in [4.69, 9.17) is 4.74 Å². The fraction of sp³-hybridized carbons (Fsp3) is 0.316. The highest BCUT2D eigenvalue weighted by Gasteiger charge is 2.23. The lowest BCUT2D eigenvalue weighted by Gasteiger charge is -2.15. The van der Waals surface area contributed by atoms with Crippen molar-refractivity contribution in [1.29, 1.82) is 0 Å². The number of H-pyrrole nitrogens is 1. The first-order valence-corrected chi connectivity index (χ1v) is 8.20. The second-order valence-electron chi connectivity index (χ2n) is 6.12. The predicted octanol–water partition coefficient (Wildman–Crippen LogP) is 2.87. The van der Waals surface area contributed by atoms with E-state index >= 15 is 0 Å². The fourth-order valence-corrected chi connectivity index (χ4v) is 2.83. The number of nitrogens with one attached hydrogen (secondary N) is 3. The molecule has 0 saturated carbocycles. The molecule has 0 saturated heterocycles. The molecule has 7 heteroatoms. The maximum absolute atomic E-state index is 12.6. The Kier molecular flexibility index (Phi) is 5.82. The number of aromatic nitrogens is 1. The van der Waals surface area contributed by atoms with E-state index in [1.54, 1.807) is 26.0 Å². The maximum atomic E-state index is 12.6. The van der Waals surface area contributed by atoms with Crippen molar-refractivity contribution in [2.45, 2.75) is 33.7 Å². The molecule has 2 amide bonds. The normalized spacial score (nSPS) is 11.6. The van der Waals surface area contributed by atoms with E-state index in [0.717, 1.165) is 5.56 Å². The van der Waals surface area contributed by atoms with Crippen molar-refractivity contribution in [2.75, 3.05) is 12.4 Å². The number of anilines is 1. The van der Waals surface area contributed by atoms with Crippen molar-refractivity contribution in [3.05, 3.63) is 52.3 Å². The van der Waals surface area contributed by atoms with Crippen LogP contribution in [0.2, 0.25) is 0 Å². The van der Waals surface area contributed by atoms with Crippen LogP contribution in [0, 0.1) is 13.8 Å². The third-order valence-electron chi connectivity index (χ3n) is 4.11. The van der Waals surface area contributed by atoms with E-state index in [9.17, 15) is 14.4 Å². The number of esters is 1. The molecule has 138 valence electrons. The van der Waals surface area contributed by atoms with Gasteiger partial charge in [0.1, 0.15) is 5.69 Å². The lowest BCUT2D eigenvalue weighted by atomic mass is 10.1. The van der Waals surface area contributed by atoms with Gasteiger partial charge in [0.15, 0.2) is 0 Å². The number of hydrogen-bond donors (Lipinski definition) is 3. The lowest BCUT2D eigenvalue weighted by molar-refractivity contribution is -0.114. The second-order valence-corrected chi connectivity index (χ2v) is 6.12. The Bertz CT molecular complexity index is 854. The largest absolute Gasteiger partial charge is 0.465 e. The SMILES string of the molecule is COC(=O)c1c(C)[nH]c(C(=O)NC(C)c2cccc(NC(C)=O)c2)c1C. The highest BCUT2D eigenvalue weighted by atomic mass is 16.5. The van der Waals surface area contributed by atoms with Gasteiger partial charge in [-0.1, -0.05) is 12.1 Å². The van der Waals surface area contributed by atoms with Gasteiger partial charge < -0.3 is 20.4 Å². The van der Waals surface area contributed by atoms with Crippen molar-refractivity contribution in [2.24, 2.45) is 0 Å². The minimum absolute atomic E-state index is 0.160. The molecule has 26 heavy (non-hydrogen) atoms. The van der Waals surface area contributed by atoms with Crippen LogP contribution in [0.3, 0.4) is 0 Å². The summed E-state index contributed by atoms with van der Waals surface area (Å²) in [6, 6.07) is 6.96. The number of aryl methyl sites for hydroxylation is 1. The molecule has 1 aromatic heterocycles. The molecule has 0 spiro atoms. The van der Waals surface area contributed by atoms with Crippen LogP contribution in [0.15, 0.2) is 24.3 Å². The van der Waals surface area contributed by atoms with Crippen molar-refractivity contribution >= 4 is 23.5 Å². The molecule has 1 aromatic carbocycles. The summed E-state index contributed by atoms with van der Waals surface area (Å²) in [6.45, 7) is 6.70. The van der Waals surface area contributed by atoms with Crippen LogP contribution in [0.1, 0.15) is 57.6 Å². The third-order valence-corrected chi connectivity index (χ3v) is 4.11. The molecule has 0 aliphatic heterocycles. The summed E-state index contributed by atoms with van der Waals surface area (Å²) in [6.07, 6.45) is 0. The van der Waals surface area contributed by atoms with E-state index in [2.05, 4.69) is 15.6 Å². The Hall–Kier alpha value is -3.09. The Balaban J connectivity index is 2.20. The number of amides is 2. The number of benzene rings is 1. The first-order valence-electron chi connectivity index (χ1n) is 8.20. The zero-order chi connectivity index (χ0) is 19.4. The van der Waals surface area contributed by atoms with Gasteiger partial charge in [-0.15, -0.1) is 0 Å². The second kappa shape index (κ2) is 7.86. The van der Waals surface area contributed by atoms with Gasteiger partial charge in [0.05, 0.1) is 18.7 Å². The number of methoxy groups -OCH3 is 1. The van der Waals surface area contributed by atoms with E-state index < -0.39 is 5.97 Å². The average molecular weight is 357 g/mol. The molecule has 1 heterocycles. The van der Waals surface area contributed by atoms with Crippen LogP contribution in [0.4, 0.5) is 5.69 Å². The molecule has 0 aliphatic rings. The van der Waals surface area contributed by atoms with E-state index in [0.29, 0.717) is 28.2 Å². The Morgan fingerprint density at radius 3 is 2.50 bits per heavy atom. The average Bonchev–Trinajstić information content (AvgIpc) is 2.88. The summed E-state index contributed by atoms with van der Waals surface area (Å²) < 4.78 is 4.76. The summed E-state index contributed by atoms with van der Waals surface area (Å²) in [5.41, 5.74) is 3.34. The summed E-state index contributed by atoms with van der Waals surface area (Å²) in [7, 11) is 1.30. The topological polar surface area (TPSA) is 100 Å². The summed E-state index contributed by atoms with van der Waals surface area (Å²) in [5, 5.41) is 5.61. The van der Waals surface area contributed by atoms with E-state index in [-0.39, 0.29) is 17.9 Å². The monoisotopic (exact) mass is 357 g/mol. The Labute approximate surface area is 152 Å². The van der Waals surface area contributed by atoms with Crippen molar-refractivity contribution in [3.63, 3.8) is 0 Å². The highest BCUT2D eigenvalue weighted by Crippen LogP contribution is 2.21. The molecular weight excluding hydrogens is 334 g/mol. The van der Waals surface area contributed by atoms with Gasteiger partial charge in [0.2, 0.25) is 5.91 Å². The molecule has 2 aromatic rings. The molecule has 1 atom stereocenters. The number of carbonyl (C=O) groups is 3. The lowest BCUT2D eigenvalue weighted by Crippen LogP contribution is -2.27. The molecular formula is C19H23N3O4. The molecule has 2 rings (SSSR count). The Morgan fingerprint density at radius 1 is 1.19 bits per heavy atom. The molecule has 0 aliphatic carbocycles. The van der Waals surface area contributed by atoms with E-state index in [1.165, 1.54) is 14.0 Å². The maximum Gasteiger partial charge on any atom is 0.339 e. The van der Waals surface area contributed by atoms with Gasteiger partial charge in [-0.05, 0) is 44.0 Å². The van der Waals surface area contributed by atoms with Crippen LogP contribution in [-0.2, 0) is 9.53 Å². The fourth-order valence-electron chi connectivity index (χ4n) is 2.83. The van der Waals surface area contributed by atoms with E-state index in [1.807, 2.05) is 19.1 Å². The molecule has 0 radical (unpaired) electrons. The smallest absolute Gasteiger partial charge is 0.339 e. The summed E-state index contributed by atoms with van der Waals surface area (Å²) >= 11 is 0. The van der Waals surface area contributed by atoms with Crippen LogP contribution in [0.5, 0.6) is 0 Å². The summed E-state index contributed by atoms with van der Waals surface area (Å²) in [5.74, 6) is -0.962. The van der Waals surface area contributed by atoms with Crippen LogP contribution < -0.4 is 10.6 Å². The van der Waals surface area contributed by atoms with Gasteiger partial charge in [-0.25, -0.2) is 4.79 Å². The van der Waals surface area contributed by atoms with Crippen LogP contribution in [-0.4, -0.2) is 29.9 Å². The van der Waals surface area contributed by atoms with Gasteiger partial charge in [0, 0.05) is 18.3 Å². The molecule has 3 N–H and O–H groups in total. The number of rotatable bonds is 5. The Morgan fingerprint density at radius 2 is 1.88 bits per heavy atom. The highest BCUT2D eigenvalue weighted by molar-refractivity contribution is 6.00. The number of carbonyl (C=O) groups excluding carboxylic acids is 3. The van der Waals surface area contributed by atoms with Crippen molar-refractivity contribution < 1.29 is 19.1 Å². The van der Waals surface area contributed by atoms with Crippen molar-refractivity contribution in [3.8, 4) is 0 Å². The minimum Gasteiger partial charge on any atom is -0.465 e. The quantitative estimate of drug-likeness (QED) is 0.716. The standard InChI is InChI=1S/C19H23N3O4/c1-10-16(19(25)26-5)12(3)20-17(10)18(24)21-11(2)14-7-6-8-15(9-14)22-13(4)23/h6-9,11,20H,1-5H3,(H,21,24)(H,22,23). The van der Waals surface area contributed by atoms with Gasteiger partial charge in [-0.2, -0.15) is 0 Å². The van der Waals surface area contributed by atoms with Crippen LogP contribution in [0.25, 0.3) is 0 Å². The molecule has 0 bridgehead atoms. The predicted molar refractivity (Wildman–Crippen MR) is 98.2 cm³/mol. The molecule has 7 nitrogen and oxygen atoms in total.